The van der Waals surface area contributed by atoms with Crippen molar-refractivity contribution >= 4 is 11.9 Å². The minimum Gasteiger partial charge on any atom is -0.469 e. The zero-order valence-corrected chi connectivity index (χ0v) is 11.3. The summed E-state index contributed by atoms with van der Waals surface area (Å²) < 4.78 is 32.2. The van der Waals surface area contributed by atoms with Crippen molar-refractivity contribution in [1.29, 1.82) is 0 Å². The third-order valence-corrected chi connectivity index (χ3v) is 3.51. The van der Waals surface area contributed by atoms with Crippen molar-refractivity contribution in [3.8, 4) is 0 Å². The number of hydrogen-bond donors (Lipinski definition) is 0. The van der Waals surface area contributed by atoms with Crippen molar-refractivity contribution in [3.63, 3.8) is 0 Å². The third-order valence-electron chi connectivity index (χ3n) is 3.51. The summed E-state index contributed by atoms with van der Waals surface area (Å²) in [5, 5.41) is 0. The molecule has 1 atom stereocenters. The minimum atomic E-state index is -0.889. The van der Waals surface area contributed by atoms with Crippen LogP contribution in [0.5, 0.6) is 0 Å². The smallest absolute Gasteiger partial charge is 0.310 e. The lowest BCUT2D eigenvalue weighted by Crippen LogP contribution is -2.31. The highest BCUT2D eigenvalue weighted by Crippen LogP contribution is 2.23. The first-order chi connectivity index (χ1) is 9.45. The van der Waals surface area contributed by atoms with E-state index in [1.54, 1.807) is 0 Å². The van der Waals surface area contributed by atoms with Gasteiger partial charge < -0.3 is 9.64 Å². The standard InChI is InChI=1S/C14H15F2NO3/c1-8-3-4-10(15)11(12(8)16)13(18)17-6-5-9(7-17)14(19)20-2/h3-4,9H,5-7H2,1-2H3. The van der Waals surface area contributed by atoms with Gasteiger partial charge >= 0.3 is 5.97 Å². The summed E-state index contributed by atoms with van der Waals surface area (Å²) in [6, 6.07) is 2.35. The normalized spacial score (nSPS) is 18.2. The van der Waals surface area contributed by atoms with E-state index in [1.807, 2.05) is 0 Å². The fourth-order valence-electron chi connectivity index (χ4n) is 2.31. The van der Waals surface area contributed by atoms with Gasteiger partial charge in [0.05, 0.1) is 13.0 Å². The lowest BCUT2D eigenvalue weighted by molar-refractivity contribution is -0.144. The Morgan fingerprint density at radius 2 is 2.05 bits per heavy atom. The van der Waals surface area contributed by atoms with E-state index in [2.05, 4.69) is 4.74 Å². The van der Waals surface area contributed by atoms with Crippen LogP contribution in [0.15, 0.2) is 12.1 Å². The van der Waals surface area contributed by atoms with Crippen molar-refractivity contribution in [3.05, 3.63) is 34.9 Å². The number of aryl methyl sites for hydroxylation is 1. The molecule has 6 heteroatoms. The molecule has 1 fully saturated rings. The van der Waals surface area contributed by atoms with Crippen LogP contribution in [0.25, 0.3) is 0 Å². The molecule has 0 bridgehead atoms. The Kier molecular flexibility index (Phi) is 4.01. The number of esters is 1. The molecule has 1 aliphatic heterocycles. The van der Waals surface area contributed by atoms with E-state index in [4.69, 9.17) is 0 Å². The molecule has 0 spiro atoms. The first-order valence-electron chi connectivity index (χ1n) is 6.27. The van der Waals surface area contributed by atoms with E-state index in [9.17, 15) is 18.4 Å². The Labute approximate surface area is 115 Å². The number of carbonyl (C=O) groups is 2. The second-order valence-corrected chi connectivity index (χ2v) is 4.81. The Morgan fingerprint density at radius 1 is 1.35 bits per heavy atom. The van der Waals surface area contributed by atoms with Gasteiger partial charge in [0.1, 0.15) is 17.2 Å². The van der Waals surface area contributed by atoms with E-state index < -0.39 is 35.0 Å². The summed E-state index contributed by atoms with van der Waals surface area (Å²) in [4.78, 5) is 24.9. The molecular weight excluding hydrogens is 268 g/mol. The van der Waals surface area contributed by atoms with Crippen LogP contribution < -0.4 is 0 Å². The molecule has 1 amide bonds. The number of nitrogens with zero attached hydrogens (tertiary/aromatic N) is 1. The second kappa shape index (κ2) is 5.56. The molecule has 1 heterocycles. The Hall–Kier alpha value is -1.98. The van der Waals surface area contributed by atoms with Gasteiger partial charge in [-0.3, -0.25) is 9.59 Å². The first kappa shape index (κ1) is 14.4. The van der Waals surface area contributed by atoms with Crippen LogP contribution in [0.4, 0.5) is 8.78 Å². The summed E-state index contributed by atoms with van der Waals surface area (Å²) in [5.41, 5.74) is -0.353. The molecular formula is C14H15F2NO3. The predicted molar refractivity (Wildman–Crippen MR) is 67.1 cm³/mol. The quantitative estimate of drug-likeness (QED) is 0.779. The number of methoxy groups -OCH3 is 1. The molecule has 0 aromatic heterocycles. The van der Waals surface area contributed by atoms with Gasteiger partial charge in [0.2, 0.25) is 0 Å². The molecule has 0 aliphatic carbocycles. The van der Waals surface area contributed by atoms with Gasteiger partial charge in [-0.2, -0.15) is 0 Å². The van der Waals surface area contributed by atoms with Crippen LogP contribution in [0.1, 0.15) is 22.3 Å². The monoisotopic (exact) mass is 283 g/mol. The van der Waals surface area contributed by atoms with Gasteiger partial charge in [0.25, 0.3) is 5.91 Å². The lowest BCUT2D eigenvalue weighted by atomic mass is 10.1. The maximum atomic E-state index is 13.9. The highest BCUT2D eigenvalue weighted by molar-refractivity contribution is 5.95. The molecule has 0 saturated carbocycles. The fraction of sp³-hybridized carbons (Fsp3) is 0.429. The molecule has 108 valence electrons. The first-order valence-corrected chi connectivity index (χ1v) is 6.27. The van der Waals surface area contributed by atoms with Crippen LogP contribution in [-0.2, 0) is 9.53 Å². The van der Waals surface area contributed by atoms with E-state index >= 15 is 0 Å². The van der Waals surface area contributed by atoms with E-state index in [-0.39, 0.29) is 18.7 Å². The van der Waals surface area contributed by atoms with Gasteiger partial charge in [0, 0.05) is 13.1 Å². The largest absolute Gasteiger partial charge is 0.469 e. The van der Waals surface area contributed by atoms with Crippen LogP contribution in [0.2, 0.25) is 0 Å². The molecule has 1 unspecified atom stereocenters. The van der Waals surface area contributed by atoms with Crippen LogP contribution >= 0.6 is 0 Å². The Bertz CT molecular complexity index is 560. The number of ether oxygens (including phenoxy) is 1. The number of rotatable bonds is 2. The zero-order valence-electron chi connectivity index (χ0n) is 11.3. The highest BCUT2D eigenvalue weighted by Gasteiger charge is 2.34. The summed E-state index contributed by atoms with van der Waals surface area (Å²) in [5.74, 6) is -3.31. The number of carbonyl (C=O) groups excluding carboxylic acids is 2. The van der Waals surface area contributed by atoms with E-state index in [1.165, 1.54) is 25.0 Å². The SMILES string of the molecule is COC(=O)C1CCN(C(=O)c2c(F)ccc(C)c2F)C1. The van der Waals surface area contributed by atoms with Gasteiger partial charge in [-0.15, -0.1) is 0 Å². The summed E-state index contributed by atoms with van der Waals surface area (Å²) in [6.07, 6.45) is 0.438. The lowest BCUT2D eigenvalue weighted by Gasteiger charge is -2.17. The molecule has 20 heavy (non-hydrogen) atoms. The van der Waals surface area contributed by atoms with Crippen LogP contribution in [0, 0.1) is 24.5 Å². The topological polar surface area (TPSA) is 46.6 Å². The van der Waals surface area contributed by atoms with Gasteiger partial charge in [-0.1, -0.05) is 6.07 Å². The van der Waals surface area contributed by atoms with Crippen LogP contribution in [-0.4, -0.2) is 37.0 Å². The average molecular weight is 283 g/mol. The van der Waals surface area contributed by atoms with Crippen molar-refractivity contribution < 1.29 is 23.1 Å². The Morgan fingerprint density at radius 3 is 2.70 bits per heavy atom. The molecule has 0 radical (unpaired) electrons. The molecule has 1 aromatic rings. The van der Waals surface area contributed by atoms with Crippen molar-refractivity contribution in [1.82, 2.24) is 4.90 Å². The van der Waals surface area contributed by atoms with Gasteiger partial charge in [-0.25, -0.2) is 8.78 Å². The molecule has 1 aliphatic rings. The molecule has 0 N–H and O–H groups in total. The predicted octanol–water partition coefficient (Wildman–Crippen LogP) is 1.91. The summed E-state index contributed by atoms with van der Waals surface area (Å²) in [6.45, 7) is 1.87. The maximum Gasteiger partial charge on any atom is 0.310 e. The minimum absolute atomic E-state index is 0.123. The van der Waals surface area contributed by atoms with E-state index in [0.717, 1.165) is 6.07 Å². The summed E-state index contributed by atoms with van der Waals surface area (Å²) in [7, 11) is 1.27. The molecule has 4 nitrogen and oxygen atoms in total. The average Bonchev–Trinajstić information content (AvgIpc) is 2.92. The molecule has 1 aromatic carbocycles. The number of hydrogen-bond acceptors (Lipinski definition) is 3. The fourth-order valence-corrected chi connectivity index (χ4v) is 2.31. The number of amides is 1. The zero-order chi connectivity index (χ0) is 14.9. The molecule has 1 saturated heterocycles. The molecule has 2 rings (SSSR count). The Balaban J connectivity index is 2.22. The van der Waals surface area contributed by atoms with Crippen molar-refractivity contribution in [2.75, 3.05) is 20.2 Å². The second-order valence-electron chi connectivity index (χ2n) is 4.81. The highest BCUT2D eigenvalue weighted by atomic mass is 19.1. The van der Waals surface area contributed by atoms with Gasteiger partial charge in [0.15, 0.2) is 0 Å². The number of benzene rings is 1. The number of halogens is 2. The van der Waals surface area contributed by atoms with Gasteiger partial charge in [-0.05, 0) is 25.0 Å². The number of likely N-dealkylation sites (tertiary alicyclic amines) is 1. The van der Waals surface area contributed by atoms with Crippen LogP contribution in [0.3, 0.4) is 0 Å². The third kappa shape index (κ3) is 2.50. The van der Waals surface area contributed by atoms with Crippen molar-refractivity contribution in [2.45, 2.75) is 13.3 Å². The van der Waals surface area contributed by atoms with Crippen molar-refractivity contribution in [2.24, 2.45) is 5.92 Å². The maximum absolute atomic E-state index is 13.9. The summed E-state index contributed by atoms with van der Waals surface area (Å²) >= 11 is 0. The van der Waals surface area contributed by atoms with E-state index in [0.29, 0.717) is 6.42 Å².